The third kappa shape index (κ3) is 3.37. The molecular formula is C10H12BrN5. The lowest BCUT2D eigenvalue weighted by molar-refractivity contribution is 0.554. The first-order valence-electron chi connectivity index (χ1n) is 5.13. The minimum absolute atomic E-state index is 0.777. The molecule has 2 aromatic heterocycles. The van der Waals surface area contributed by atoms with Gasteiger partial charge in [0.15, 0.2) is 0 Å². The van der Waals surface area contributed by atoms with Crippen molar-refractivity contribution in [2.75, 3.05) is 0 Å². The molecule has 0 bridgehead atoms. The van der Waals surface area contributed by atoms with Crippen LogP contribution in [0.4, 0.5) is 0 Å². The Balaban J connectivity index is 1.70. The molecule has 5 nitrogen and oxygen atoms in total. The second-order valence-corrected chi connectivity index (χ2v) is 4.26. The maximum absolute atomic E-state index is 4.27. The molecule has 6 heteroatoms. The normalized spacial score (nSPS) is 10.6. The summed E-state index contributed by atoms with van der Waals surface area (Å²) in [4.78, 5) is 12.3. The summed E-state index contributed by atoms with van der Waals surface area (Å²) in [6, 6.07) is 0. The van der Waals surface area contributed by atoms with E-state index in [1.54, 1.807) is 25.0 Å². The van der Waals surface area contributed by atoms with Gasteiger partial charge in [-0.2, -0.15) is 5.10 Å². The first kappa shape index (κ1) is 11.2. The molecule has 2 aromatic rings. The average Bonchev–Trinajstić information content (AvgIpc) is 2.80. The monoisotopic (exact) mass is 281 g/mol. The maximum atomic E-state index is 4.27. The molecule has 0 saturated heterocycles. The van der Waals surface area contributed by atoms with Gasteiger partial charge < -0.3 is 0 Å². The molecule has 0 aliphatic rings. The zero-order chi connectivity index (χ0) is 11.2. The van der Waals surface area contributed by atoms with E-state index in [-0.39, 0.29) is 0 Å². The number of aryl methyl sites for hydroxylation is 2. The molecule has 0 amide bonds. The second kappa shape index (κ2) is 5.69. The van der Waals surface area contributed by atoms with Crippen LogP contribution in [0.5, 0.6) is 0 Å². The van der Waals surface area contributed by atoms with E-state index in [1.807, 2.05) is 4.68 Å². The summed E-state index contributed by atoms with van der Waals surface area (Å²) in [5.74, 6) is 0. The molecule has 0 atom stereocenters. The van der Waals surface area contributed by atoms with Crippen molar-refractivity contribution < 1.29 is 0 Å². The van der Waals surface area contributed by atoms with Crippen LogP contribution in [-0.2, 0) is 13.0 Å². The van der Waals surface area contributed by atoms with Gasteiger partial charge in [0.05, 0.1) is 11.9 Å². The molecular weight excluding hydrogens is 270 g/mol. The molecule has 0 N–H and O–H groups in total. The third-order valence-corrected chi connectivity index (χ3v) is 2.62. The Morgan fingerprint density at radius 3 is 2.81 bits per heavy atom. The van der Waals surface area contributed by atoms with Crippen LogP contribution >= 0.6 is 15.9 Å². The second-order valence-electron chi connectivity index (χ2n) is 3.45. The first-order valence-corrected chi connectivity index (χ1v) is 5.93. The Kier molecular flexibility index (Phi) is 3.98. The van der Waals surface area contributed by atoms with E-state index in [1.165, 1.54) is 0 Å². The highest BCUT2D eigenvalue weighted by Crippen LogP contribution is 2.05. The van der Waals surface area contributed by atoms with Crippen LogP contribution < -0.4 is 0 Å². The predicted molar refractivity (Wildman–Crippen MR) is 62.7 cm³/mol. The average molecular weight is 282 g/mol. The van der Waals surface area contributed by atoms with Gasteiger partial charge in [-0.25, -0.2) is 9.97 Å². The van der Waals surface area contributed by atoms with E-state index in [4.69, 9.17) is 0 Å². The number of rotatable bonds is 5. The zero-order valence-corrected chi connectivity index (χ0v) is 10.3. The van der Waals surface area contributed by atoms with Gasteiger partial charge >= 0.3 is 0 Å². The Bertz CT molecular complexity index is 411. The van der Waals surface area contributed by atoms with E-state index in [9.17, 15) is 0 Å². The molecule has 2 rings (SSSR count). The van der Waals surface area contributed by atoms with Gasteiger partial charge in [0.2, 0.25) is 0 Å². The van der Waals surface area contributed by atoms with Crippen LogP contribution in [0.3, 0.4) is 0 Å². The van der Waals surface area contributed by atoms with Crippen molar-refractivity contribution in [2.45, 2.75) is 25.8 Å². The van der Waals surface area contributed by atoms with Crippen molar-refractivity contribution in [1.82, 2.24) is 24.7 Å². The highest BCUT2D eigenvalue weighted by molar-refractivity contribution is 9.10. The largest absolute Gasteiger partial charge is 0.257 e. The fourth-order valence-corrected chi connectivity index (χ4v) is 1.60. The minimum Gasteiger partial charge on any atom is -0.257 e. The van der Waals surface area contributed by atoms with Crippen LogP contribution in [0, 0.1) is 0 Å². The van der Waals surface area contributed by atoms with E-state index in [0.29, 0.717) is 0 Å². The number of nitrogens with zero attached hydrogens (tertiary/aromatic N) is 5. The molecule has 0 saturated carbocycles. The molecule has 2 heterocycles. The summed E-state index contributed by atoms with van der Waals surface area (Å²) < 4.78 is 2.62. The molecule has 0 fully saturated rings. The van der Waals surface area contributed by atoms with E-state index >= 15 is 0 Å². The lowest BCUT2D eigenvalue weighted by Crippen LogP contribution is -1.99. The molecule has 0 aromatic carbocycles. The molecule has 0 radical (unpaired) electrons. The molecule has 16 heavy (non-hydrogen) atoms. The standard InChI is InChI=1S/C10H12BrN5/c11-10-6-13-9(5-14-10)3-1-2-4-16-8-12-7-15-16/h5-8H,1-4H2. The van der Waals surface area contributed by atoms with Crippen LogP contribution in [0.2, 0.25) is 0 Å². The summed E-state index contributed by atoms with van der Waals surface area (Å²) in [7, 11) is 0. The van der Waals surface area contributed by atoms with Crippen LogP contribution in [0.15, 0.2) is 29.7 Å². The number of halogens is 1. The first-order chi connectivity index (χ1) is 7.84. The summed E-state index contributed by atoms with van der Waals surface area (Å²) in [5, 5.41) is 4.04. The topological polar surface area (TPSA) is 56.5 Å². The van der Waals surface area contributed by atoms with Gasteiger partial charge in [0.25, 0.3) is 0 Å². The van der Waals surface area contributed by atoms with Gasteiger partial charge in [-0.1, -0.05) is 0 Å². The van der Waals surface area contributed by atoms with Crippen molar-refractivity contribution in [3.63, 3.8) is 0 Å². The summed E-state index contributed by atoms with van der Waals surface area (Å²) in [6.45, 7) is 0.907. The lowest BCUT2D eigenvalue weighted by Gasteiger charge is -2.01. The fourth-order valence-electron chi connectivity index (χ4n) is 1.40. The van der Waals surface area contributed by atoms with Crippen LogP contribution in [-0.4, -0.2) is 24.7 Å². The van der Waals surface area contributed by atoms with E-state index in [0.717, 1.165) is 36.1 Å². The van der Waals surface area contributed by atoms with Crippen molar-refractivity contribution in [3.8, 4) is 0 Å². The summed E-state index contributed by atoms with van der Waals surface area (Å²) >= 11 is 3.26. The summed E-state index contributed by atoms with van der Waals surface area (Å²) in [6.07, 6.45) is 9.93. The fraction of sp³-hybridized carbons (Fsp3) is 0.400. The molecule has 0 unspecified atom stereocenters. The van der Waals surface area contributed by atoms with Crippen molar-refractivity contribution in [1.29, 1.82) is 0 Å². The summed E-state index contributed by atoms with van der Waals surface area (Å²) in [5.41, 5.74) is 1.03. The van der Waals surface area contributed by atoms with Gasteiger partial charge in [0, 0.05) is 12.7 Å². The molecule has 0 aliphatic carbocycles. The molecule has 84 valence electrons. The number of aromatic nitrogens is 5. The lowest BCUT2D eigenvalue weighted by atomic mass is 10.2. The Morgan fingerprint density at radius 2 is 2.12 bits per heavy atom. The third-order valence-electron chi connectivity index (χ3n) is 2.21. The Labute approximate surface area is 102 Å². The van der Waals surface area contributed by atoms with Gasteiger partial charge in [-0.05, 0) is 35.2 Å². The van der Waals surface area contributed by atoms with Gasteiger partial charge in [-0.15, -0.1) is 0 Å². The van der Waals surface area contributed by atoms with Crippen LogP contribution in [0.25, 0.3) is 0 Å². The number of unbranched alkanes of at least 4 members (excludes halogenated alkanes) is 1. The quantitative estimate of drug-likeness (QED) is 0.785. The number of hydrogen-bond acceptors (Lipinski definition) is 4. The Morgan fingerprint density at radius 1 is 1.19 bits per heavy atom. The maximum Gasteiger partial charge on any atom is 0.137 e. The highest BCUT2D eigenvalue weighted by atomic mass is 79.9. The molecule has 0 spiro atoms. The van der Waals surface area contributed by atoms with Crippen LogP contribution in [0.1, 0.15) is 18.5 Å². The van der Waals surface area contributed by atoms with Crippen molar-refractivity contribution >= 4 is 15.9 Å². The van der Waals surface area contributed by atoms with Crippen molar-refractivity contribution in [2.24, 2.45) is 0 Å². The van der Waals surface area contributed by atoms with E-state index in [2.05, 4.69) is 36.0 Å². The number of hydrogen-bond donors (Lipinski definition) is 0. The zero-order valence-electron chi connectivity index (χ0n) is 8.75. The SMILES string of the molecule is Brc1cnc(CCCCn2cncn2)cn1. The highest BCUT2D eigenvalue weighted by Gasteiger charge is 1.97. The molecule has 0 aliphatic heterocycles. The Hall–Kier alpha value is -1.30. The smallest absolute Gasteiger partial charge is 0.137 e. The minimum atomic E-state index is 0.777. The van der Waals surface area contributed by atoms with Gasteiger partial charge in [-0.3, -0.25) is 9.67 Å². The van der Waals surface area contributed by atoms with Crippen molar-refractivity contribution in [3.05, 3.63) is 35.3 Å². The van der Waals surface area contributed by atoms with Gasteiger partial charge in [0.1, 0.15) is 17.3 Å². The van der Waals surface area contributed by atoms with E-state index < -0.39 is 0 Å². The predicted octanol–water partition coefficient (Wildman–Crippen LogP) is 1.85.